The molecule has 0 bridgehead atoms. The van der Waals surface area contributed by atoms with Crippen LogP contribution in [0.15, 0.2) is 41.0 Å². The summed E-state index contributed by atoms with van der Waals surface area (Å²) in [6, 6.07) is 10.3. The van der Waals surface area contributed by atoms with Crippen LogP contribution in [0.2, 0.25) is 0 Å². The van der Waals surface area contributed by atoms with Gasteiger partial charge in [0.15, 0.2) is 0 Å². The number of benzene rings is 1. The molecule has 0 amide bonds. The molecule has 0 aliphatic carbocycles. The summed E-state index contributed by atoms with van der Waals surface area (Å²) in [6.07, 6.45) is 2.65. The van der Waals surface area contributed by atoms with Crippen LogP contribution in [0.4, 0.5) is 0 Å². The number of hydrogen-bond donors (Lipinski definition) is 1. The molecule has 3 nitrogen and oxygen atoms in total. The molecule has 0 aliphatic heterocycles. The van der Waals surface area contributed by atoms with E-state index in [2.05, 4.69) is 25.2 Å². The summed E-state index contributed by atoms with van der Waals surface area (Å²) < 4.78 is 11.0. The highest BCUT2D eigenvalue weighted by molar-refractivity contribution is 5.42. The fourth-order valence-electron chi connectivity index (χ4n) is 2.39. The van der Waals surface area contributed by atoms with E-state index in [-0.39, 0.29) is 6.04 Å². The molecule has 1 atom stereocenters. The van der Waals surface area contributed by atoms with Crippen molar-refractivity contribution in [2.24, 2.45) is 0 Å². The van der Waals surface area contributed by atoms with Gasteiger partial charge in [0.05, 0.1) is 19.4 Å². The van der Waals surface area contributed by atoms with Crippen LogP contribution in [-0.2, 0) is 6.42 Å². The summed E-state index contributed by atoms with van der Waals surface area (Å²) >= 11 is 0. The van der Waals surface area contributed by atoms with Crippen LogP contribution in [-0.4, -0.2) is 13.7 Å². The van der Waals surface area contributed by atoms with Gasteiger partial charge in [-0.2, -0.15) is 0 Å². The Morgan fingerprint density at radius 1 is 1.16 bits per heavy atom. The van der Waals surface area contributed by atoms with E-state index in [1.807, 2.05) is 24.3 Å². The summed E-state index contributed by atoms with van der Waals surface area (Å²) in [5.41, 5.74) is 2.33. The topological polar surface area (TPSA) is 34.4 Å². The Morgan fingerprint density at radius 2 is 1.95 bits per heavy atom. The lowest BCUT2D eigenvalue weighted by molar-refractivity contribution is 0.403. The molecule has 0 saturated carbocycles. The van der Waals surface area contributed by atoms with E-state index in [0.29, 0.717) is 0 Å². The van der Waals surface area contributed by atoms with E-state index in [1.54, 1.807) is 13.4 Å². The summed E-state index contributed by atoms with van der Waals surface area (Å²) in [4.78, 5) is 0. The van der Waals surface area contributed by atoms with Crippen molar-refractivity contribution in [2.45, 2.75) is 26.3 Å². The monoisotopic (exact) mass is 259 g/mol. The molecule has 1 N–H and O–H groups in total. The smallest absolute Gasteiger partial charge is 0.123 e. The van der Waals surface area contributed by atoms with Gasteiger partial charge in [-0.15, -0.1) is 0 Å². The molecule has 1 aromatic carbocycles. The Labute approximate surface area is 114 Å². The molecule has 0 radical (unpaired) electrons. The molecule has 2 rings (SSSR count). The fourth-order valence-corrected chi connectivity index (χ4v) is 2.39. The average molecular weight is 259 g/mol. The molecular formula is C16H21NO2. The van der Waals surface area contributed by atoms with E-state index in [4.69, 9.17) is 9.15 Å². The van der Waals surface area contributed by atoms with Crippen molar-refractivity contribution in [3.8, 4) is 5.75 Å². The normalized spacial score (nSPS) is 12.4. The molecule has 0 aliphatic rings. The maximum atomic E-state index is 5.56. The lowest BCUT2D eigenvalue weighted by Gasteiger charge is -2.20. The largest absolute Gasteiger partial charge is 0.496 e. The minimum absolute atomic E-state index is 0.106. The Kier molecular flexibility index (Phi) is 4.63. The first-order valence-electron chi connectivity index (χ1n) is 6.74. The van der Waals surface area contributed by atoms with Crippen molar-refractivity contribution in [1.82, 2.24) is 5.32 Å². The number of hydrogen-bond acceptors (Lipinski definition) is 3. The van der Waals surface area contributed by atoms with Crippen molar-refractivity contribution in [2.75, 3.05) is 13.7 Å². The molecule has 0 fully saturated rings. The first-order chi connectivity index (χ1) is 9.31. The number of methoxy groups -OCH3 is 1. The lowest BCUT2D eigenvalue weighted by Crippen LogP contribution is -2.23. The third kappa shape index (κ3) is 2.82. The third-order valence-electron chi connectivity index (χ3n) is 3.27. The standard InChI is InChI=1S/C16H21NO2/c1-4-14-13(10-11-19-14)16(17-5-2)12-8-6-7-9-15(12)18-3/h6-11,16-17H,4-5H2,1-3H3. The summed E-state index contributed by atoms with van der Waals surface area (Å²) in [7, 11) is 1.71. The predicted molar refractivity (Wildman–Crippen MR) is 76.6 cm³/mol. The van der Waals surface area contributed by atoms with Crippen LogP contribution in [0.1, 0.15) is 36.8 Å². The SMILES string of the molecule is CCNC(c1ccccc1OC)c1ccoc1CC. The molecule has 102 valence electrons. The molecule has 0 spiro atoms. The Morgan fingerprint density at radius 3 is 2.63 bits per heavy atom. The molecular weight excluding hydrogens is 238 g/mol. The zero-order valence-corrected chi connectivity index (χ0v) is 11.8. The van der Waals surface area contributed by atoms with Crippen molar-refractivity contribution in [3.63, 3.8) is 0 Å². The van der Waals surface area contributed by atoms with Crippen LogP contribution in [0, 0.1) is 0 Å². The van der Waals surface area contributed by atoms with Crippen LogP contribution >= 0.6 is 0 Å². The van der Waals surface area contributed by atoms with Gasteiger partial charge in [0.25, 0.3) is 0 Å². The Bertz CT molecular complexity index is 519. The van der Waals surface area contributed by atoms with Crippen LogP contribution in [0.3, 0.4) is 0 Å². The van der Waals surface area contributed by atoms with E-state index in [1.165, 1.54) is 5.56 Å². The van der Waals surface area contributed by atoms with Gasteiger partial charge in [-0.25, -0.2) is 0 Å². The van der Waals surface area contributed by atoms with Crippen LogP contribution in [0.25, 0.3) is 0 Å². The second-order valence-corrected chi connectivity index (χ2v) is 4.39. The van der Waals surface area contributed by atoms with E-state index in [0.717, 1.165) is 30.0 Å². The number of nitrogens with one attached hydrogen (secondary N) is 1. The van der Waals surface area contributed by atoms with Crippen LogP contribution in [0.5, 0.6) is 5.75 Å². The van der Waals surface area contributed by atoms with Gasteiger partial charge in [0.1, 0.15) is 11.5 Å². The first-order valence-corrected chi connectivity index (χ1v) is 6.74. The molecule has 19 heavy (non-hydrogen) atoms. The second kappa shape index (κ2) is 6.43. The summed E-state index contributed by atoms with van der Waals surface area (Å²) in [6.45, 7) is 5.10. The third-order valence-corrected chi connectivity index (χ3v) is 3.27. The maximum Gasteiger partial charge on any atom is 0.123 e. The van der Waals surface area contributed by atoms with E-state index < -0.39 is 0 Å². The second-order valence-electron chi connectivity index (χ2n) is 4.39. The summed E-state index contributed by atoms with van der Waals surface area (Å²) in [5.74, 6) is 1.92. The quantitative estimate of drug-likeness (QED) is 0.861. The highest BCUT2D eigenvalue weighted by atomic mass is 16.5. The number of ether oxygens (including phenoxy) is 1. The number of aryl methyl sites for hydroxylation is 1. The van der Waals surface area contributed by atoms with Gasteiger partial charge >= 0.3 is 0 Å². The highest BCUT2D eigenvalue weighted by Gasteiger charge is 2.21. The molecule has 1 heterocycles. The molecule has 2 aromatic rings. The Balaban J connectivity index is 2.45. The zero-order chi connectivity index (χ0) is 13.7. The van der Waals surface area contributed by atoms with E-state index in [9.17, 15) is 0 Å². The van der Waals surface area contributed by atoms with Gasteiger partial charge in [0, 0.05) is 17.5 Å². The first kappa shape index (κ1) is 13.7. The van der Waals surface area contributed by atoms with Crippen molar-refractivity contribution in [1.29, 1.82) is 0 Å². The fraction of sp³-hybridized carbons (Fsp3) is 0.375. The molecule has 1 unspecified atom stereocenters. The number of rotatable bonds is 6. The van der Waals surface area contributed by atoms with Gasteiger partial charge in [-0.1, -0.05) is 32.0 Å². The highest BCUT2D eigenvalue weighted by Crippen LogP contribution is 2.32. The predicted octanol–water partition coefficient (Wildman–Crippen LogP) is 3.55. The minimum Gasteiger partial charge on any atom is -0.496 e. The summed E-state index contributed by atoms with van der Waals surface area (Å²) in [5, 5.41) is 3.51. The average Bonchev–Trinajstić information content (AvgIpc) is 2.93. The molecule has 3 heteroatoms. The van der Waals surface area contributed by atoms with Gasteiger partial charge in [0.2, 0.25) is 0 Å². The number of furan rings is 1. The molecule has 1 aromatic heterocycles. The Hall–Kier alpha value is -1.74. The van der Waals surface area contributed by atoms with E-state index >= 15 is 0 Å². The van der Waals surface area contributed by atoms with Crippen molar-refractivity contribution in [3.05, 3.63) is 53.5 Å². The number of para-hydroxylation sites is 1. The molecule has 0 saturated heterocycles. The zero-order valence-electron chi connectivity index (χ0n) is 11.8. The van der Waals surface area contributed by atoms with Gasteiger partial charge < -0.3 is 14.5 Å². The maximum absolute atomic E-state index is 5.56. The van der Waals surface area contributed by atoms with Crippen LogP contribution < -0.4 is 10.1 Å². The van der Waals surface area contributed by atoms with Crippen molar-refractivity contribution < 1.29 is 9.15 Å². The minimum atomic E-state index is 0.106. The lowest BCUT2D eigenvalue weighted by atomic mass is 9.97. The van der Waals surface area contributed by atoms with Crippen molar-refractivity contribution >= 4 is 0 Å². The van der Waals surface area contributed by atoms with Gasteiger partial charge in [-0.3, -0.25) is 0 Å². The van der Waals surface area contributed by atoms with Gasteiger partial charge in [-0.05, 0) is 18.7 Å².